The molecule has 7 nitrogen and oxygen atoms in total. The standard InChI is InChI=1S/C20H19FN6O/c21-14-4-3-5-15(14)25-19-13(20(22)28)9-24-27-11-12(8-16(19)27)17-10-23-18-6-1-2-7-26(17)18/h1-2,6-11,14-15,25H,3-5H2,(H2,22,28)/t14-,15+/m0/s1. The van der Waals surface area contributed by atoms with Gasteiger partial charge >= 0.3 is 0 Å². The molecule has 0 aliphatic heterocycles. The highest BCUT2D eigenvalue weighted by atomic mass is 19.1. The van der Waals surface area contributed by atoms with Gasteiger partial charge in [0.1, 0.15) is 11.8 Å². The summed E-state index contributed by atoms with van der Waals surface area (Å²) in [4.78, 5) is 16.4. The summed E-state index contributed by atoms with van der Waals surface area (Å²) in [6.45, 7) is 0. The average molecular weight is 378 g/mol. The van der Waals surface area contributed by atoms with E-state index in [1.54, 1.807) is 10.7 Å². The number of halogens is 1. The Labute approximate surface area is 160 Å². The summed E-state index contributed by atoms with van der Waals surface area (Å²) in [5.41, 5.74) is 9.64. The predicted molar refractivity (Wildman–Crippen MR) is 104 cm³/mol. The van der Waals surface area contributed by atoms with Crippen LogP contribution in [-0.4, -0.2) is 37.1 Å². The lowest BCUT2D eigenvalue weighted by Gasteiger charge is -2.19. The first-order valence-electron chi connectivity index (χ1n) is 9.26. The third-order valence-corrected chi connectivity index (χ3v) is 5.38. The number of anilines is 1. The van der Waals surface area contributed by atoms with Gasteiger partial charge in [-0.1, -0.05) is 6.07 Å². The largest absolute Gasteiger partial charge is 0.377 e. The van der Waals surface area contributed by atoms with Gasteiger partial charge in [-0.15, -0.1) is 0 Å². The van der Waals surface area contributed by atoms with Gasteiger partial charge in [-0.2, -0.15) is 5.10 Å². The van der Waals surface area contributed by atoms with Gasteiger partial charge in [0, 0.05) is 18.0 Å². The number of alkyl halides is 1. The minimum absolute atomic E-state index is 0.259. The van der Waals surface area contributed by atoms with Gasteiger partial charge in [0.05, 0.1) is 40.9 Å². The Hall–Kier alpha value is -3.42. The van der Waals surface area contributed by atoms with Crippen LogP contribution in [0.25, 0.3) is 22.4 Å². The van der Waals surface area contributed by atoms with Crippen LogP contribution in [0.1, 0.15) is 29.6 Å². The minimum Gasteiger partial charge on any atom is -0.377 e. The molecule has 0 bridgehead atoms. The summed E-state index contributed by atoms with van der Waals surface area (Å²) in [6, 6.07) is 7.38. The molecule has 28 heavy (non-hydrogen) atoms. The van der Waals surface area contributed by atoms with Crippen LogP contribution in [0.15, 0.2) is 49.1 Å². The number of nitrogens with one attached hydrogen (secondary N) is 1. The van der Waals surface area contributed by atoms with E-state index in [-0.39, 0.29) is 11.6 Å². The molecule has 3 N–H and O–H groups in total. The lowest BCUT2D eigenvalue weighted by molar-refractivity contribution is 0.100. The molecule has 1 saturated carbocycles. The zero-order valence-corrected chi connectivity index (χ0v) is 15.0. The number of rotatable bonds is 4. The molecule has 4 aromatic rings. The second kappa shape index (κ2) is 6.33. The van der Waals surface area contributed by atoms with Crippen LogP contribution in [0.2, 0.25) is 0 Å². The number of hydrogen-bond acceptors (Lipinski definition) is 4. The number of fused-ring (bicyclic) bond motifs is 2. The topological polar surface area (TPSA) is 89.7 Å². The summed E-state index contributed by atoms with van der Waals surface area (Å²) in [6.07, 6.45) is 8.14. The number of imidazole rings is 1. The quantitative estimate of drug-likeness (QED) is 0.571. The van der Waals surface area contributed by atoms with E-state index in [1.165, 1.54) is 6.20 Å². The molecule has 0 radical (unpaired) electrons. The lowest BCUT2D eigenvalue weighted by Crippen LogP contribution is -2.27. The van der Waals surface area contributed by atoms with Gasteiger partial charge in [0.15, 0.2) is 0 Å². The number of amides is 1. The van der Waals surface area contributed by atoms with E-state index >= 15 is 0 Å². The molecule has 4 heterocycles. The number of primary amides is 1. The fourth-order valence-corrected chi connectivity index (χ4v) is 3.94. The van der Waals surface area contributed by atoms with Gasteiger partial charge < -0.3 is 11.1 Å². The van der Waals surface area contributed by atoms with Crippen LogP contribution in [-0.2, 0) is 0 Å². The zero-order chi connectivity index (χ0) is 19.3. The Morgan fingerprint density at radius 3 is 2.96 bits per heavy atom. The van der Waals surface area contributed by atoms with Crippen molar-refractivity contribution in [3.05, 3.63) is 54.6 Å². The molecule has 0 spiro atoms. The summed E-state index contributed by atoms with van der Waals surface area (Å²) in [7, 11) is 0. The minimum atomic E-state index is -0.942. The number of pyridine rings is 1. The van der Waals surface area contributed by atoms with Gasteiger partial charge in [0.25, 0.3) is 5.91 Å². The first-order valence-corrected chi connectivity index (χ1v) is 9.26. The predicted octanol–water partition coefficient (Wildman–Crippen LogP) is 3.05. The monoisotopic (exact) mass is 378 g/mol. The number of carbonyl (C=O) groups is 1. The van der Waals surface area contributed by atoms with Crippen LogP contribution in [0.3, 0.4) is 0 Å². The third-order valence-electron chi connectivity index (χ3n) is 5.38. The van der Waals surface area contributed by atoms with Crippen molar-refractivity contribution >= 4 is 22.8 Å². The van der Waals surface area contributed by atoms with Crippen molar-refractivity contribution in [2.75, 3.05) is 5.32 Å². The Morgan fingerprint density at radius 2 is 2.18 bits per heavy atom. The summed E-state index contributed by atoms with van der Waals surface area (Å²) < 4.78 is 17.8. The highest BCUT2D eigenvalue weighted by Crippen LogP contribution is 2.32. The number of hydrogen-bond donors (Lipinski definition) is 2. The number of nitrogens with two attached hydrogens (primary N) is 1. The molecular weight excluding hydrogens is 359 g/mol. The van der Waals surface area contributed by atoms with Gasteiger partial charge in [-0.25, -0.2) is 13.9 Å². The second-order valence-electron chi connectivity index (χ2n) is 7.13. The molecule has 1 amide bonds. The Balaban J connectivity index is 1.66. The average Bonchev–Trinajstić information content (AvgIpc) is 3.39. The Bertz CT molecular complexity index is 1200. The fourth-order valence-electron chi connectivity index (χ4n) is 3.94. The highest BCUT2D eigenvalue weighted by molar-refractivity contribution is 6.02. The number of nitrogens with zero attached hydrogens (tertiary/aromatic N) is 4. The smallest absolute Gasteiger partial charge is 0.252 e. The van der Waals surface area contributed by atoms with Crippen LogP contribution in [0.4, 0.5) is 10.1 Å². The lowest BCUT2D eigenvalue weighted by atomic mass is 10.1. The molecule has 0 aromatic carbocycles. The van der Waals surface area contributed by atoms with Crippen molar-refractivity contribution in [2.24, 2.45) is 5.73 Å². The van der Waals surface area contributed by atoms with E-state index in [1.807, 2.05) is 41.1 Å². The third kappa shape index (κ3) is 2.60. The van der Waals surface area contributed by atoms with E-state index in [9.17, 15) is 9.18 Å². The molecule has 0 unspecified atom stereocenters. The Kier molecular flexibility index (Phi) is 3.78. The van der Waals surface area contributed by atoms with Crippen LogP contribution >= 0.6 is 0 Å². The van der Waals surface area contributed by atoms with Gasteiger partial charge in [0.2, 0.25) is 0 Å². The van der Waals surface area contributed by atoms with Gasteiger partial charge in [-0.05, 0) is 37.5 Å². The SMILES string of the molecule is NC(=O)c1cnn2cc(-c3cnc4ccccn34)cc2c1N[C@@H]1CCC[C@@H]1F. The molecule has 142 valence electrons. The molecule has 4 aromatic heterocycles. The summed E-state index contributed by atoms with van der Waals surface area (Å²) >= 11 is 0. The Morgan fingerprint density at radius 1 is 1.29 bits per heavy atom. The molecule has 0 saturated heterocycles. The van der Waals surface area contributed by atoms with E-state index in [0.717, 1.165) is 23.3 Å². The first kappa shape index (κ1) is 16.7. The molecular formula is C20H19FN6O. The maximum Gasteiger partial charge on any atom is 0.252 e. The second-order valence-corrected chi connectivity index (χ2v) is 7.13. The molecule has 8 heteroatoms. The first-order chi connectivity index (χ1) is 13.6. The normalized spacial score (nSPS) is 19.5. The molecule has 1 aliphatic rings. The van der Waals surface area contributed by atoms with Gasteiger partial charge in [-0.3, -0.25) is 9.20 Å². The van der Waals surface area contributed by atoms with Crippen LogP contribution < -0.4 is 11.1 Å². The van der Waals surface area contributed by atoms with Crippen molar-refractivity contribution in [3.63, 3.8) is 0 Å². The molecule has 1 fully saturated rings. The highest BCUT2D eigenvalue weighted by Gasteiger charge is 2.29. The molecule has 5 rings (SSSR count). The zero-order valence-electron chi connectivity index (χ0n) is 15.0. The van der Waals surface area contributed by atoms with Crippen LogP contribution in [0, 0.1) is 0 Å². The maximum absolute atomic E-state index is 14.2. The maximum atomic E-state index is 14.2. The van der Waals surface area contributed by atoms with E-state index < -0.39 is 12.1 Å². The van der Waals surface area contributed by atoms with E-state index in [0.29, 0.717) is 24.0 Å². The number of carbonyl (C=O) groups excluding carboxylic acids is 1. The van der Waals surface area contributed by atoms with Crippen molar-refractivity contribution in [3.8, 4) is 11.3 Å². The molecule has 1 aliphatic carbocycles. The van der Waals surface area contributed by atoms with Crippen molar-refractivity contribution in [1.82, 2.24) is 19.0 Å². The van der Waals surface area contributed by atoms with Crippen molar-refractivity contribution < 1.29 is 9.18 Å². The van der Waals surface area contributed by atoms with E-state index in [2.05, 4.69) is 15.4 Å². The fraction of sp³-hybridized carbons (Fsp3) is 0.250. The van der Waals surface area contributed by atoms with Crippen molar-refractivity contribution in [1.29, 1.82) is 0 Å². The van der Waals surface area contributed by atoms with E-state index in [4.69, 9.17) is 5.73 Å². The number of aromatic nitrogens is 4. The molecule has 2 atom stereocenters. The summed E-state index contributed by atoms with van der Waals surface area (Å²) in [5.74, 6) is -0.594. The van der Waals surface area contributed by atoms with Crippen LogP contribution in [0.5, 0.6) is 0 Å². The summed E-state index contributed by atoms with van der Waals surface area (Å²) in [5, 5.41) is 7.54. The van der Waals surface area contributed by atoms with Crippen molar-refractivity contribution in [2.45, 2.75) is 31.5 Å².